The molecule has 0 unspecified atom stereocenters. The molecule has 124 heavy (non-hydrogen) atoms. The van der Waals surface area contributed by atoms with Gasteiger partial charge in [0, 0.05) is 147 Å². The first-order valence-electron chi connectivity index (χ1n) is 49.5. The number of benzene rings is 4. The number of carbonyl (C=O) groups is 4. The van der Waals surface area contributed by atoms with Crippen LogP contribution in [0.5, 0.6) is 0 Å². The molecule has 12 aromatic rings. The molecule has 8 fully saturated rings. The SMILES string of the molecule is [2H]C1([2H])CC([2H])([2H])[C@]([2H])(c2cc(F)ccc2F)N1c1ccn2ncc(NC(=O)N3CC[C@H](O)C3)c2n1.[2H]C1([2H])C[C@H](O)C([2H])([2H])N1C(=O)Nc1cnn2ccc(N3CCC([2H])([2H])[C@]3([2H])c3cc(F)ccc3F)nc12.[2H]C1([2H])C[C@H](c2cc(F)ccc2F)N(c2ccn3ncc(NC(=O)N4C([2H])([2H])C[C@H](O)C4([2H])[2H])c3n2)C1.[2H]C1([2H])C[C@H](c2cc(F)ccc2F)N(c2ccn3ncc(NC(=O)N4CC[C@H](O)C4)c3n2)C1([2H])[2H]. The summed E-state index contributed by atoms with van der Waals surface area (Å²) >= 11 is 0. The second-order valence-electron chi connectivity index (χ2n) is 28.8. The maximum Gasteiger partial charge on any atom is 0.322 e. The minimum absolute atomic E-state index is 0.00390. The van der Waals surface area contributed by atoms with E-state index in [4.69, 9.17) is 30.2 Å². The summed E-state index contributed by atoms with van der Waals surface area (Å²) in [7, 11) is 0. The van der Waals surface area contributed by atoms with Gasteiger partial charge in [-0.1, -0.05) is 0 Å². The number of rotatable bonds is 12. The number of fused-ring (bicyclic) bond motifs is 4. The lowest BCUT2D eigenvalue weighted by atomic mass is 10.0. The maximum absolute atomic E-state index is 14.8. The molecule has 40 heteroatoms. The van der Waals surface area contributed by atoms with Crippen molar-refractivity contribution in [3.63, 3.8) is 0 Å². The normalized spacial score (nSPS) is 29.1. The maximum atomic E-state index is 14.8. The van der Waals surface area contributed by atoms with Crippen LogP contribution in [0.2, 0.25) is 0 Å². The molecule has 0 bridgehead atoms. The summed E-state index contributed by atoms with van der Waals surface area (Å²) < 4.78 is 302. The first kappa shape index (κ1) is 60.4. The minimum Gasteiger partial charge on any atom is -0.391 e. The lowest BCUT2D eigenvalue weighted by Gasteiger charge is -2.26. The molecule has 8 aliphatic heterocycles. The lowest BCUT2D eigenvalue weighted by Crippen LogP contribution is -2.33. The lowest BCUT2D eigenvalue weighted by molar-refractivity contribution is 0.176. The van der Waals surface area contributed by atoms with Crippen molar-refractivity contribution in [3.8, 4) is 0 Å². The summed E-state index contributed by atoms with van der Waals surface area (Å²) in [4.78, 5) is 76.3. The van der Waals surface area contributed by atoms with Crippen molar-refractivity contribution in [2.45, 2.75) is 125 Å². The number of nitrogens with one attached hydrogen (secondary N) is 4. The van der Waals surface area contributed by atoms with E-state index in [2.05, 4.69) is 61.6 Å². The van der Waals surface area contributed by atoms with Gasteiger partial charge >= 0.3 is 24.1 Å². The summed E-state index contributed by atoms with van der Waals surface area (Å²) in [5.74, 6) is -6.74. The molecule has 648 valence electrons. The van der Waals surface area contributed by atoms with Gasteiger partial charge in [-0.05, 0) is 174 Å². The summed E-state index contributed by atoms with van der Waals surface area (Å²) in [5, 5.41) is 65.6. The smallest absolute Gasteiger partial charge is 0.322 e. The predicted octanol–water partition coefficient (Wildman–Crippen LogP) is 11.8. The first-order valence-corrected chi connectivity index (χ1v) is 38.5. The number of hydrogen-bond donors (Lipinski definition) is 8. The van der Waals surface area contributed by atoms with Crippen LogP contribution in [0.3, 0.4) is 0 Å². The van der Waals surface area contributed by atoms with Gasteiger partial charge in [0.05, 0.1) is 81.5 Å². The third kappa shape index (κ3) is 17.8. The van der Waals surface area contributed by atoms with Crippen molar-refractivity contribution in [3.05, 3.63) is 215 Å². The van der Waals surface area contributed by atoms with Crippen molar-refractivity contribution >= 4 is 92.7 Å². The number of aliphatic hydroxyl groups excluding tert-OH is 4. The van der Waals surface area contributed by atoms with Gasteiger partial charge in [0.2, 0.25) is 0 Å². The number of aliphatic hydroxyl groups is 4. The topological polar surface area (TPSA) is 344 Å². The van der Waals surface area contributed by atoms with Crippen LogP contribution in [0, 0.1) is 46.5 Å². The molecule has 16 heterocycles. The molecule has 8 N–H and O–H groups in total. The number of urea groups is 4. The fourth-order valence-electron chi connectivity index (χ4n) is 14.6. The number of carbonyl (C=O) groups excluding carboxylic acids is 4. The highest BCUT2D eigenvalue weighted by molar-refractivity contribution is 5.96. The van der Waals surface area contributed by atoms with E-state index in [-0.39, 0.29) is 129 Å². The minimum atomic E-state index is -2.72. The second-order valence-corrected chi connectivity index (χ2v) is 28.8. The molecule has 8 aliphatic rings. The van der Waals surface area contributed by atoms with Gasteiger partial charge in [-0.25, -0.2) is 92.3 Å². The van der Waals surface area contributed by atoms with Gasteiger partial charge in [-0.15, -0.1) is 0 Å². The molecule has 0 radical (unpaired) electrons. The second kappa shape index (κ2) is 35.8. The van der Waals surface area contributed by atoms with E-state index in [0.29, 0.717) is 36.9 Å². The largest absolute Gasteiger partial charge is 0.391 e. The van der Waals surface area contributed by atoms with E-state index in [1.54, 1.807) is 0 Å². The Labute approximate surface area is 733 Å². The Morgan fingerprint density at radius 3 is 1.12 bits per heavy atom. The number of likely N-dealkylation sites (tertiary alicyclic amines) is 4. The standard InChI is InChI=1S/4C21H22F2N6O2/c4*22-13-3-4-16(23)15(10-13)18-2-1-7-28(18)19-6-9-29-20(26-19)17(11-24-29)25-21(31)27-8-5-14(30)12-27/h4*3-4,6,9-11,14,18,30H,1-2,5,7-8,12H2,(H,25,31)/t4*14-,18+/m0000/s1/i2D2,8D2,12D2,18D;2D2,7D2,18D;1D2,8D2,12D2;1D2,7D2. The van der Waals surface area contributed by atoms with Crippen molar-refractivity contribution in [1.82, 2.24) is 78.0 Å². The van der Waals surface area contributed by atoms with Crippen LogP contribution in [-0.2, 0) is 0 Å². The molecular weight excluding hydrogens is 1630 g/mol. The molecule has 0 aliphatic carbocycles. The summed E-state index contributed by atoms with van der Waals surface area (Å²) in [5.41, 5.74) is -0.852. The van der Waals surface area contributed by atoms with Gasteiger partial charge in [0.1, 0.15) is 92.6 Å². The van der Waals surface area contributed by atoms with Crippen LogP contribution in [0.15, 0.2) is 147 Å². The Hall–Kier alpha value is -13.1. The fourth-order valence-corrected chi connectivity index (χ4v) is 14.6. The Morgan fingerprint density at radius 2 is 0.718 bits per heavy atom. The summed E-state index contributed by atoms with van der Waals surface area (Å²) in [6.07, 6.45) is -4.94. The van der Waals surface area contributed by atoms with Crippen LogP contribution in [0.4, 0.5) is 100 Å². The van der Waals surface area contributed by atoms with E-state index < -0.39 is 220 Å². The Bertz CT molecular complexity index is 7140. The fraction of sp³-hybridized carbons (Fsp3) is 0.381. The van der Waals surface area contributed by atoms with Gasteiger partial charge in [0.15, 0.2) is 22.6 Å². The van der Waals surface area contributed by atoms with Gasteiger partial charge in [-0.3, -0.25) is 0 Å². The van der Waals surface area contributed by atoms with Crippen LogP contribution < -0.4 is 40.9 Å². The molecule has 8 aromatic heterocycles. The highest BCUT2D eigenvalue weighted by Crippen LogP contribution is 2.43. The molecule has 0 spiro atoms. The number of amides is 8. The quantitative estimate of drug-likeness (QED) is 0.0527. The summed E-state index contributed by atoms with van der Waals surface area (Å²) in [6, 6.07) is 5.57. The van der Waals surface area contributed by atoms with Gasteiger partial charge in [-0.2, -0.15) is 20.4 Å². The monoisotopic (exact) mass is 1730 g/mol. The Balaban J connectivity index is 0.000000133. The van der Waals surface area contributed by atoms with Gasteiger partial charge < -0.3 is 80.9 Å². The zero-order chi connectivity index (χ0) is 106. The van der Waals surface area contributed by atoms with Crippen molar-refractivity contribution < 1.29 is 105 Å². The van der Waals surface area contributed by atoms with E-state index in [0.717, 1.165) is 71.6 Å². The molecule has 8 atom stereocenters. The molecule has 20 rings (SSSR count). The number of anilines is 8. The van der Waals surface area contributed by atoms with E-state index in [1.165, 1.54) is 112 Å². The zero-order valence-corrected chi connectivity index (χ0v) is 64.6. The predicted molar refractivity (Wildman–Crippen MR) is 440 cm³/mol. The average Bonchev–Trinajstić information content (AvgIpc) is 1.54. The van der Waals surface area contributed by atoms with Crippen molar-refractivity contribution in [2.75, 3.05) is 119 Å². The first-order chi connectivity index (χ1) is 68.1. The van der Waals surface area contributed by atoms with E-state index in [1.807, 2.05) is 0 Å². The third-order valence-corrected chi connectivity index (χ3v) is 20.6. The van der Waals surface area contributed by atoms with E-state index in [9.17, 15) is 74.7 Å². The Kier molecular flexibility index (Phi) is 17.4. The van der Waals surface area contributed by atoms with E-state index >= 15 is 0 Å². The highest BCUT2D eigenvalue weighted by atomic mass is 19.2. The highest BCUT2D eigenvalue weighted by Gasteiger charge is 2.37. The van der Waals surface area contributed by atoms with Crippen LogP contribution >= 0.6 is 0 Å². The molecule has 32 nitrogen and oxygen atoms in total. The molecular formula is C84H88F8N24O8. The number of aromatic nitrogens is 12. The molecule has 8 amide bonds. The number of β-amino-alcohol motifs (C(OH)–C–C–N with tert-alkyl or cyclic N) is 4. The summed E-state index contributed by atoms with van der Waals surface area (Å²) in [6.45, 7) is -14.6. The Morgan fingerprint density at radius 1 is 0.363 bits per heavy atom. The average molecular weight is 1740 g/mol. The number of halogens is 8. The van der Waals surface area contributed by atoms with Crippen LogP contribution in [0.1, 0.15) is 153 Å². The van der Waals surface area contributed by atoms with Crippen LogP contribution in [0.25, 0.3) is 22.6 Å². The molecule has 0 saturated carbocycles. The van der Waals surface area contributed by atoms with Crippen molar-refractivity contribution in [2.24, 2.45) is 0 Å². The van der Waals surface area contributed by atoms with Gasteiger partial charge in [0.25, 0.3) is 0 Å². The number of nitrogens with zero attached hydrogens (tertiary/aromatic N) is 20. The molecule has 8 saturated heterocycles. The third-order valence-electron chi connectivity index (χ3n) is 20.6. The zero-order valence-electron chi connectivity index (χ0n) is 86.6. The molecule has 4 aromatic carbocycles. The van der Waals surface area contributed by atoms with Crippen molar-refractivity contribution in [1.29, 1.82) is 0 Å². The van der Waals surface area contributed by atoms with Crippen LogP contribution in [-0.4, -0.2) is 225 Å². The number of hydrogen-bond acceptors (Lipinski definition) is 20.